The summed E-state index contributed by atoms with van der Waals surface area (Å²) < 4.78 is 5.38. The molecule has 6 heteroatoms. The molecule has 0 bridgehead atoms. The van der Waals surface area contributed by atoms with Crippen LogP contribution in [-0.4, -0.2) is 49.0 Å². The second-order valence-electron chi connectivity index (χ2n) is 7.05. The average molecular weight is 347 g/mol. The molecule has 1 aromatic carbocycles. The number of aliphatic hydroxyl groups excluding tert-OH is 1. The molecule has 0 radical (unpaired) electrons. The van der Waals surface area contributed by atoms with E-state index in [1.807, 2.05) is 0 Å². The Morgan fingerprint density at radius 1 is 1.16 bits per heavy atom. The Hall–Kier alpha value is -1.79. The number of ether oxygens (including phenoxy) is 1. The van der Waals surface area contributed by atoms with Crippen molar-refractivity contribution in [3.63, 3.8) is 0 Å². The molecule has 4 rings (SSSR count). The summed E-state index contributed by atoms with van der Waals surface area (Å²) in [5, 5.41) is 24.8. The number of aliphatic imine (C=N–C) groups is 1. The summed E-state index contributed by atoms with van der Waals surface area (Å²) >= 11 is 0. The van der Waals surface area contributed by atoms with Crippen LogP contribution in [0.1, 0.15) is 37.4 Å². The Morgan fingerprint density at radius 2 is 1.80 bits per heavy atom. The first-order valence-electron chi connectivity index (χ1n) is 9.22. The van der Waals surface area contributed by atoms with Crippen molar-refractivity contribution in [2.24, 2.45) is 16.8 Å². The largest absolute Gasteiger partial charge is 0.508 e. The molecule has 2 aliphatic carbocycles. The van der Waals surface area contributed by atoms with Crippen LogP contribution in [0.25, 0.3) is 0 Å². The Balaban J connectivity index is 0.000000147. The van der Waals surface area contributed by atoms with Crippen molar-refractivity contribution in [2.75, 3.05) is 26.7 Å². The van der Waals surface area contributed by atoms with Crippen molar-refractivity contribution in [1.29, 1.82) is 0 Å². The lowest BCUT2D eigenvalue weighted by Gasteiger charge is -2.17. The molecule has 2 saturated carbocycles. The Labute approximate surface area is 149 Å². The van der Waals surface area contributed by atoms with Crippen LogP contribution in [0, 0.1) is 11.8 Å². The fourth-order valence-corrected chi connectivity index (χ4v) is 3.10. The SMILES string of the molecule is C1COC(NC(C2CC2)C2CC2)=N1.CNCC(O)c1ccc(O)cc1. The molecule has 25 heavy (non-hydrogen) atoms. The summed E-state index contributed by atoms with van der Waals surface area (Å²) in [7, 11) is 1.78. The molecule has 1 aromatic rings. The van der Waals surface area contributed by atoms with E-state index in [9.17, 15) is 5.11 Å². The first kappa shape index (κ1) is 18.0. The second-order valence-corrected chi connectivity index (χ2v) is 7.05. The summed E-state index contributed by atoms with van der Waals surface area (Å²) in [5.74, 6) is 2.05. The third-order valence-corrected chi connectivity index (χ3v) is 4.81. The van der Waals surface area contributed by atoms with Crippen LogP contribution in [-0.2, 0) is 4.74 Å². The molecule has 0 aromatic heterocycles. The van der Waals surface area contributed by atoms with E-state index in [1.165, 1.54) is 25.7 Å². The van der Waals surface area contributed by atoms with Gasteiger partial charge in [0.2, 0.25) is 0 Å². The van der Waals surface area contributed by atoms with Gasteiger partial charge in [0.05, 0.1) is 12.6 Å². The molecule has 2 fully saturated rings. The number of amidine groups is 1. The molecule has 1 aliphatic heterocycles. The number of nitrogens with one attached hydrogen (secondary N) is 2. The highest BCUT2D eigenvalue weighted by Crippen LogP contribution is 2.44. The van der Waals surface area contributed by atoms with E-state index in [1.54, 1.807) is 31.3 Å². The number of likely N-dealkylation sites (N-methyl/N-ethyl adjacent to an activating group) is 1. The molecule has 1 unspecified atom stereocenters. The quantitative estimate of drug-likeness (QED) is 0.630. The second kappa shape index (κ2) is 8.54. The van der Waals surface area contributed by atoms with E-state index in [2.05, 4.69) is 15.6 Å². The summed E-state index contributed by atoms with van der Waals surface area (Å²) in [6.07, 6.45) is 5.11. The van der Waals surface area contributed by atoms with E-state index in [0.717, 1.165) is 36.6 Å². The van der Waals surface area contributed by atoms with Crippen molar-refractivity contribution in [3.8, 4) is 5.75 Å². The molecule has 3 aliphatic rings. The van der Waals surface area contributed by atoms with Crippen molar-refractivity contribution >= 4 is 6.02 Å². The van der Waals surface area contributed by atoms with Gasteiger partial charge in [-0.05, 0) is 62.3 Å². The maximum atomic E-state index is 9.47. The van der Waals surface area contributed by atoms with Crippen LogP contribution in [0.4, 0.5) is 0 Å². The highest BCUT2D eigenvalue weighted by atomic mass is 16.5. The lowest BCUT2D eigenvalue weighted by molar-refractivity contribution is 0.177. The lowest BCUT2D eigenvalue weighted by Crippen LogP contribution is -2.38. The molecule has 1 heterocycles. The maximum Gasteiger partial charge on any atom is 0.285 e. The van der Waals surface area contributed by atoms with E-state index in [0.29, 0.717) is 12.6 Å². The molecule has 0 amide bonds. The smallest absolute Gasteiger partial charge is 0.285 e. The van der Waals surface area contributed by atoms with Gasteiger partial charge in [-0.3, -0.25) is 0 Å². The molecular formula is C19H29N3O3. The number of phenolic OH excluding ortho intramolecular Hbond substituents is 1. The predicted octanol–water partition coefficient (Wildman–Crippen LogP) is 1.80. The Morgan fingerprint density at radius 3 is 2.28 bits per heavy atom. The van der Waals surface area contributed by atoms with Gasteiger partial charge in [-0.25, -0.2) is 4.99 Å². The summed E-state index contributed by atoms with van der Waals surface area (Å²) in [5.41, 5.74) is 0.808. The molecule has 138 valence electrons. The van der Waals surface area contributed by atoms with Gasteiger partial charge < -0.3 is 25.6 Å². The van der Waals surface area contributed by atoms with Gasteiger partial charge >= 0.3 is 0 Å². The Bertz CT molecular complexity index is 556. The predicted molar refractivity (Wildman–Crippen MR) is 97.6 cm³/mol. The van der Waals surface area contributed by atoms with E-state index >= 15 is 0 Å². The molecular weight excluding hydrogens is 318 g/mol. The minimum absolute atomic E-state index is 0.218. The van der Waals surface area contributed by atoms with Crippen LogP contribution < -0.4 is 10.6 Å². The number of aliphatic hydroxyl groups is 1. The zero-order valence-corrected chi connectivity index (χ0v) is 14.8. The van der Waals surface area contributed by atoms with Crippen LogP contribution in [0.3, 0.4) is 0 Å². The summed E-state index contributed by atoms with van der Waals surface area (Å²) in [6, 6.07) is 8.03. The normalized spacial score (nSPS) is 20.4. The minimum atomic E-state index is -0.504. The van der Waals surface area contributed by atoms with Gasteiger partial charge in [-0.15, -0.1) is 0 Å². The van der Waals surface area contributed by atoms with Crippen LogP contribution in [0.15, 0.2) is 29.3 Å². The van der Waals surface area contributed by atoms with Crippen molar-refractivity contribution < 1.29 is 14.9 Å². The lowest BCUT2D eigenvalue weighted by atomic mass is 10.1. The summed E-state index contributed by atoms with van der Waals surface area (Å²) in [6.45, 7) is 2.12. The number of benzene rings is 1. The van der Waals surface area contributed by atoms with Crippen molar-refractivity contribution in [3.05, 3.63) is 29.8 Å². The monoisotopic (exact) mass is 347 g/mol. The van der Waals surface area contributed by atoms with Gasteiger partial charge in [0, 0.05) is 12.6 Å². The zero-order chi connectivity index (χ0) is 17.6. The van der Waals surface area contributed by atoms with E-state index < -0.39 is 6.10 Å². The fraction of sp³-hybridized carbons (Fsp3) is 0.632. The molecule has 6 nitrogen and oxygen atoms in total. The van der Waals surface area contributed by atoms with Crippen molar-refractivity contribution in [2.45, 2.75) is 37.8 Å². The highest BCUT2D eigenvalue weighted by Gasteiger charge is 2.42. The minimum Gasteiger partial charge on any atom is -0.508 e. The first-order chi connectivity index (χ1) is 12.2. The van der Waals surface area contributed by atoms with Crippen LogP contribution in [0.2, 0.25) is 0 Å². The number of hydrogen-bond acceptors (Lipinski definition) is 6. The topological polar surface area (TPSA) is 86.1 Å². The number of phenols is 1. The maximum absolute atomic E-state index is 9.47. The zero-order valence-electron chi connectivity index (χ0n) is 14.8. The summed E-state index contributed by atoms with van der Waals surface area (Å²) in [4.78, 5) is 4.28. The molecule has 0 spiro atoms. The van der Waals surface area contributed by atoms with E-state index in [-0.39, 0.29) is 5.75 Å². The molecule has 1 atom stereocenters. The van der Waals surface area contributed by atoms with Gasteiger partial charge in [-0.2, -0.15) is 0 Å². The molecule has 0 saturated heterocycles. The number of nitrogens with zero attached hydrogens (tertiary/aromatic N) is 1. The van der Waals surface area contributed by atoms with Gasteiger partial charge in [-0.1, -0.05) is 12.1 Å². The van der Waals surface area contributed by atoms with Crippen LogP contribution in [0.5, 0.6) is 5.75 Å². The first-order valence-corrected chi connectivity index (χ1v) is 9.22. The van der Waals surface area contributed by atoms with Gasteiger partial charge in [0.15, 0.2) is 0 Å². The fourth-order valence-electron chi connectivity index (χ4n) is 3.10. The standard InChI is InChI=1S/C10H16N2O.C9H13NO2/c1-2-7(1)9(8-3-4-8)12-10-11-5-6-13-10;1-10-6-9(12)7-2-4-8(11)5-3-7/h7-9H,1-6H2,(H,11,12);2-5,9-12H,6H2,1H3. The van der Waals surface area contributed by atoms with Crippen LogP contribution >= 0.6 is 0 Å². The van der Waals surface area contributed by atoms with Gasteiger partial charge in [0.25, 0.3) is 6.02 Å². The number of hydrogen-bond donors (Lipinski definition) is 4. The highest BCUT2D eigenvalue weighted by molar-refractivity contribution is 5.75. The van der Waals surface area contributed by atoms with E-state index in [4.69, 9.17) is 9.84 Å². The number of aromatic hydroxyl groups is 1. The van der Waals surface area contributed by atoms with Crippen molar-refractivity contribution in [1.82, 2.24) is 10.6 Å². The average Bonchev–Trinajstić information content (AvgIpc) is 3.55. The van der Waals surface area contributed by atoms with Gasteiger partial charge in [0.1, 0.15) is 12.4 Å². The Kier molecular flexibility index (Phi) is 6.15. The third-order valence-electron chi connectivity index (χ3n) is 4.81. The third kappa shape index (κ3) is 5.61. The molecule has 4 N–H and O–H groups in total. The number of rotatable bonds is 6.